The maximum atomic E-state index is 13.7. The van der Waals surface area contributed by atoms with E-state index in [2.05, 4.69) is 35.8 Å². The maximum Gasteiger partial charge on any atom is 0.416 e. The van der Waals surface area contributed by atoms with Crippen LogP contribution >= 0.6 is 15.9 Å². The van der Waals surface area contributed by atoms with Gasteiger partial charge in [0.05, 0.1) is 5.56 Å². The minimum absolute atomic E-state index is 0.0604. The van der Waals surface area contributed by atoms with E-state index in [4.69, 9.17) is 0 Å². The fourth-order valence-electron chi connectivity index (χ4n) is 4.92. The van der Waals surface area contributed by atoms with Crippen LogP contribution in [-0.4, -0.2) is 44.7 Å². The minimum Gasteiger partial charge on any atom is -0.351 e. The summed E-state index contributed by atoms with van der Waals surface area (Å²) in [5, 5.41) is 4.45. The standard InChI is InChI=1S/C23H26BrF4N5O/c1-4-15-12-32(22-10-21(34)29-20-9-19(24)30-33(20)22)16(5-2)11-31(15)13(3)17-7-6-14(25)8-18(17)23(26,27)28/h6-10,13,15-16H,4-5,11-12H2,1-3H3,(H,29,34)/t13?,15-,16+/m1/s1. The molecule has 184 valence electrons. The first kappa shape index (κ1) is 24.7. The molecule has 1 saturated heterocycles. The average molecular weight is 544 g/mol. The van der Waals surface area contributed by atoms with E-state index in [1.807, 2.05) is 13.8 Å². The van der Waals surface area contributed by atoms with Gasteiger partial charge < -0.3 is 9.88 Å². The first-order valence-electron chi connectivity index (χ1n) is 11.2. The Bertz CT molecular complexity index is 1240. The second-order valence-corrected chi connectivity index (χ2v) is 9.45. The van der Waals surface area contributed by atoms with Crippen LogP contribution in [0.5, 0.6) is 0 Å². The molecule has 0 saturated carbocycles. The molecule has 11 heteroatoms. The summed E-state index contributed by atoms with van der Waals surface area (Å²) in [7, 11) is 0. The topological polar surface area (TPSA) is 56.6 Å². The quantitative estimate of drug-likeness (QED) is 0.439. The summed E-state index contributed by atoms with van der Waals surface area (Å²) in [4.78, 5) is 19.3. The van der Waals surface area contributed by atoms with E-state index < -0.39 is 23.6 Å². The van der Waals surface area contributed by atoms with Crippen molar-refractivity contribution in [2.75, 3.05) is 18.0 Å². The minimum atomic E-state index is -4.65. The number of hydrogen-bond acceptors (Lipinski definition) is 4. The Labute approximate surface area is 202 Å². The van der Waals surface area contributed by atoms with Gasteiger partial charge in [-0.3, -0.25) is 9.69 Å². The van der Waals surface area contributed by atoms with E-state index in [9.17, 15) is 22.4 Å². The summed E-state index contributed by atoms with van der Waals surface area (Å²) in [5.41, 5.74) is -0.586. The number of piperazine rings is 1. The molecule has 0 amide bonds. The molecule has 3 heterocycles. The predicted molar refractivity (Wildman–Crippen MR) is 126 cm³/mol. The van der Waals surface area contributed by atoms with Crippen molar-refractivity contribution in [3.8, 4) is 0 Å². The number of rotatable bonds is 5. The van der Waals surface area contributed by atoms with Crippen LogP contribution in [0.15, 0.2) is 39.7 Å². The Morgan fingerprint density at radius 1 is 1.15 bits per heavy atom. The van der Waals surface area contributed by atoms with Crippen molar-refractivity contribution in [2.45, 2.75) is 57.9 Å². The zero-order chi connectivity index (χ0) is 24.8. The number of nitrogens with one attached hydrogen (secondary N) is 1. The normalized spacial score (nSPS) is 20.8. The number of H-pyrrole nitrogens is 1. The molecule has 0 aliphatic carbocycles. The molecular formula is C23H26BrF4N5O. The van der Waals surface area contributed by atoms with E-state index >= 15 is 0 Å². The van der Waals surface area contributed by atoms with Gasteiger partial charge in [-0.15, -0.1) is 0 Å². The highest BCUT2D eigenvalue weighted by Crippen LogP contribution is 2.39. The summed E-state index contributed by atoms with van der Waals surface area (Å²) in [5.74, 6) is -0.268. The van der Waals surface area contributed by atoms with E-state index in [-0.39, 0.29) is 23.2 Å². The highest BCUT2D eigenvalue weighted by Gasteiger charge is 2.40. The molecule has 34 heavy (non-hydrogen) atoms. The van der Waals surface area contributed by atoms with Crippen molar-refractivity contribution in [1.82, 2.24) is 19.5 Å². The third-order valence-electron chi connectivity index (χ3n) is 6.65. The highest BCUT2D eigenvalue weighted by atomic mass is 79.9. The first-order chi connectivity index (χ1) is 16.0. The van der Waals surface area contributed by atoms with E-state index in [1.165, 1.54) is 12.1 Å². The van der Waals surface area contributed by atoms with Gasteiger partial charge in [-0.2, -0.15) is 22.8 Å². The molecular weight excluding hydrogens is 518 g/mol. The molecule has 6 nitrogen and oxygen atoms in total. The molecule has 2 aromatic heterocycles. The molecule has 0 spiro atoms. The zero-order valence-electron chi connectivity index (χ0n) is 19.0. The Kier molecular flexibility index (Phi) is 6.78. The maximum absolute atomic E-state index is 13.7. The monoisotopic (exact) mass is 543 g/mol. The molecule has 1 aromatic carbocycles. The number of aromatic amines is 1. The SMILES string of the molecule is CC[C@H]1CN(C(C)c2ccc(F)cc2C(F)(F)F)[C@H](CC)CN1c1cc(=O)[nH]c2cc(Br)nn12. The Morgan fingerprint density at radius 2 is 1.85 bits per heavy atom. The lowest BCUT2D eigenvalue weighted by Crippen LogP contribution is -2.59. The largest absolute Gasteiger partial charge is 0.416 e. The van der Waals surface area contributed by atoms with Crippen molar-refractivity contribution in [3.05, 3.63) is 62.2 Å². The van der Waals surface area contributed by atoms with E-state index in [1.54, 1.807) is 17.5 Å². The number of alkyl halides is 3. The lowest BCUT2D eigenvalue weighted by atomic mass is 9.94. The van der Waals surface area contributed by atoms with Crippen molar-refractivity contribution in [2.24, 2.45) is 0 Å². The number of anilines is 1. The van der Waals surface area contributed by atoms with Crippen LogP contribution in [0, 0.1) is 5.82 Å². The summed E-state index contributed by atoms with van der Waals surface area (Å²) >= 11 is 3.35. The van der Waals surface area contributed by atoms with Crippen LogP contribution in [-0.2, 0) is 6.18 Å². The molecule has 0 bridgehead atoms. The lowest BCUT2D eigenvalue weighted by molar-refractivity contribution is -0.139. The second kappa shape index (κ2) is 9.33. The van der Waals surface area contributed by atoms with Crippen LogP contribution in [0.3, 0.4) is 0 Å². The van der Waals surface area contributed by atoms with Crippen molar-refractivity contribution in [1.29, 1.82) is 0 Å². The molecule has 3 atom stereocenters. The third-order valence-corrected chi connectivity index (χ3v) is 7.04. The van der Waals surface area contributed by atoms with Crippen LogP contribution in [0.25, 0.3) is 5.65 Å². The number of hydrogen-bond donors (Lipinski definition) is 1. The number of aromatic nitrogens is 3. The summed E-state index contributed by atoms with van der Waals surface area (Å²) in [6.07, 6.45) is -3.25. The number of halogens is 5. The van der Waals surface area contributed by atoms with Gasteiger partial charge in [0.1, 0.15) is 21.9 Å². The summed E-state index contributed by atoms with van der Waals surface area (Å²) < 4.78 is 57.1. The molecule has 1 unspecified atom stereocenters. The van der Waals surface area contributed by atoms with Crippen LogP contribution in [0.4, 0.5) is 23.4 Å². The van der Waals surface area contributed by atoms with E-state index in [0.29, 0.717) is 48.1 Å². The van der Waals surface area contributed by atoms with Crippen molar-refractivity contribution < 1.29 is 17.6 Å². The molecule has 4 rings (SSSR count). The Balaban J connectivity index is 1.72. The fourth-order valence-corrected chi connectivity index (χ4v) is 5.29. The molecule has 1 aliphatic rings. The molecule has 1 fully saturated rings. The Hall–Kier alpha value is -2.40. The number of benzene rings is 1. The van der Waals surface area contributed by atoms with Crippen molar-refractivity contribution >= 4 is 27.4 Å². The van der Waals surface area contributed by atoms with Crippen LogP contribution < -0.4 is 10.5 Å². The zero-order valence-corrected chi connectivity index (χ0v) is 20.6. The third kappa shape index (κ3) is 4.59. The summed E-state index contributed by atoms with van der Waals surface area (Å²) in [6.45, 7) is 6.74. The summed E-state index contributed by atoms with van der Waals surface area (Å²) in [6, 6.07) is 5.39. The average Bonchev–Trinajstić information content (AvgIpc) is 3.16. The smallest absolute Gasteiger partial charge is 0.351 e. The highest BCUT2D eigenvalue weighted by molar-refractivity contribution is 9.10. The van der Waals surface area contributed by atoms with Gasteiger partial charge in [0.25, 0.3) is 5.56 Å². The number of nitrogens with zero attached hydrogens (tertiary/aromatic N) is 4. The van der Waals surface area contributed by atoms with Crippen LogP contribution in [0.2, 0.25) is 0 Å². The van der Waals surface area contributed by atoms with Gasteiger partial charge in [0.2, 0.25) is 0 Å². The van der Waals surface area contributed by atoms with Gasteiger partial charge in [0, 0.05) is 43.3 Å². The van der Waals surface area contributed by atoms with Gasteiger partial charge in [0.15, 0.2) is 0 Å². The first-order valence-corrected chi connectivity index (χ1v) is 12.0. The molecule has 1 N–H and O–H groups in total. The second-order valence-electron chi connectivity index (χ2n) is 8.63. The van der Waals surface area contributed by atoms with Gasteiger partial charge in [-0.05, 0) is 53.4 Å². The fraction of sp³-hybridized carbons (Fsp3) is 0.478. The van der Waals surface area contributed by atoms with Gasteiger partial charge in [-0.1, -0.05) is 19.9 Å². The predicted octanol–water partition coefficient (Wildman–Crippen LogP) is 5.38. The van der Waals surface area contributed by atoms with Crippen molar-refractivity contribution in [3.63, 3.8) is 0 Å². The molecule has 3 aromatic rings. The van der Waals surface area contributed by atoms with Crippen LogP contribution in [0.1, 0.15) is 50.8 Å². The van der Waals surface area contributed by atoms with Gasteiger partial charge >= 0.3 is 6.18 Å². The molecule has 0 radical (unpaired) electrons. The van der Waals surface area contributed by atoms with E-state index in [0.717, 1.165) is 6.07 Å². The molecule has 1 aliphatic heterocycles. The Morgan fingerprint density at radius 3 is 2.50 bits per heavy atom. The van der Waals surface area contributed by atoms with Gasteiger partial charge in [-0.25, -0.2) is 4.39 Å². The lowest BCUT2D eigenvalue weighted by Gasteiger charge is -2.49. The number of fused-ring (bicyclic) bond motifs is 1.